The first-order chi connectivity index (χ1) is 10.1. The molecule has 0 spiro atoms. The van der Waals surface area contributed by atoms with Crippen LogP contribution in [0.3, 0.4) is 0 Å². The number of likely N-dealkylation sites (N-methyl/N-ethyl adjacent to an activating group) is 1. The zero-order valence-electron chi connectivity index (χ0n) is 12.1. The number of rotatable bonds is 3. The highest BCUT2D eigenvalue weighted by Gasteiger charge is 2.24. The van der Waals surface area contributed by atoms with Crippen LogP contribution in [-0.4, -0.2) is 29.6 Å². The van der Waals surface area contributed by atoms with Gasteiger partial charge in [-0.2, -0.15) is 0 Å². The van der Waals surface area contributed by atoms with Crippen LogP contribution >= 0.6 is 0 Å². The van der Waals surface area contributed by atoms with Gasteiger partial charge in [-0.25, -0.2) is 0 Å². The molecule has 3 rings (SSSR count). The van der Waals surface area contributed by atoms with Crippen LogP contribution in [0, 0.1) is 0 Å². The molecule has 0 aliphatic carbocycles. The number of hydrogen-bond acceptors (Lipinski definition) is 2. The number of nitrogens with zero attached hydrogens (tertiary/aromatic N) is 1. The molecule has 0 saturated carbocycles. The minimum Gasteiger partial charge on any atom is -0.481 e. The first-order valence-corrected chi connectivity index (χ1v) is 7.20. The Labute approximate surface area is 124 Å². The number of hydrogen-bond donors (Lipinski definition) is 1. The Hall–Kier alpha value is -2.13. The van der Waals surface area contributed by atoms with Crippen molar-refractivity contribution in [1.82, 2.24) is 4.90 Å². The highest BCUT2D eigenvalue weighted by Crippen LogP contribution is 2.32. The maximum atomic E-state index is 10.8. The van der Waals surface area contributed by atoms with Crippen LogP contribution in [0.5, 0.6) is 0 Å². The number of fused-ring (bicyclic) bond motifs is 1. The smallest absolute Gasteiger partial charge is 0.307 e. The van der Waals surface area contributed by atoms with Crippen molar-refractivity contribution < 1.29 is 9.90 Å². The number of benzene rings is 2. The first-order valence-electron chi connectivity index (χ1n) is 7.20. The molecular weight excluding hydrogens is 262 g/mol. The van der Waals surface area contributed by atoms with E-state index in [1.807, 2.05) is 12.1 Å². The van der Waals surface area contributed by atoms with E-state index in [4.69, 9.17) is 5.11 Å². The Morgan fingerprint density at radius 3 is 2.62 bits per heavy atom. The van der Waals surface area contributed by atoms with Crippen LogP contribution in [-0.2, 0) is 17.8 Å². The molecule has 3 heteroatoms. The number of aliphatic carboxylic acids is 1. The van der Waals surface area contributed by atoms with Crippen molar-refractivity contribution in [3.8, 4) is 0 Å². The molecule has 1 unspecified atom stereocenters. The van der Waals surface area contributed by atoms with Crippen LogP contribution in [0.25, 0.3) is 0 Å². The van der Waals surface area contributed by atoms with Crippen LogP contribution in [0.2, 0.25) is 0 Å². The summed E-state index contributed by atoms with van der Waals surface area (Å²) in [5.41, 5.74) is 4.87. The van der Waals surface area contributed by atoms with Crippen LogP contribution in [0.1, 0.15) is 28.2 Å². The summed E-state index contributed by atoms with van der Waals surface area (Å²) < 4.78 is 0. The molecule has 0 amide bonds. The summed E-state index contributed by atoms with van der Waals surface area (Å²) in [5, 5.41) is 8.84. The molecule has 0 saturated heterocycles. The largest absolute Gasteiger partial charge is 0.481 e. The summed E-state index contributed by atoms with van der Waals surface area (Å²) in [5.74, 6) is -0.427. The van der Waals surface area contributed by atoms with Gasteiger partial charge in [0.15, 0.2) is 0 Å². The molecule has 0 fully saturated rings. The van der Waals surface area contributed by atoms with E-state index in [9.17, 15) is 4.79 Å². The number of carboxylic acid groups (broad SMARTS) is 1. The molecule has 3 nitrogen and oxygen atoms in total. The van der Waals surface area contributed by atoms with Gasteiger partial charge in [-0.15, -0.1) is 0 Å². The summed E-state index contributed by atoms with van der Waals surface area (Å²) >= 11 is 0. The lowest BCUT2D eigenvalue weighted by atomic mass is 9.84. The summed E-state index contributed by atoms with van der Waals surface area (Å²) in [6.45, 7) is 1.99. The van der Waals surface area contributed by atoms with Crippen molar-refractivity contribution in [1.29, 1.82) is 0 Å². The van der Waals surface area contributed by atoms with Gasteiger partial charge in [-0.3, -0.25) is 4.79 Å². The maximum Gasteiger partial charge on any atom is 0.307 e. The summed E-state index contributed by atoms with van der Waals surface area (Å²) in [6.07, 6.45) is 0.0848. The molecule has 0 aromatic heterocycles. The van der Waals surface area contributed by atoms with Crippen LogP contribution < -0.4 is 0 Å². The lowest BCUT2D eigenvalue weighted by molar-refractivity contribution is -0.136. The molecule has 0 radical (unpaired) electrons. The lowest BCUT2D eigenvalue weighted by Crippen LogP contribution is -2.30. The third-order valence-corrected chi connectivity index (χ3v) is 4.10. The van der Waals surface area contributed by atoms with Crippen molar-refractivity contribution in [2.75, 3.05) is 13.6 Å². The molecule has 1 heterocycles. The van der Waals surface area contributed by atoms with E-state index in [-0.39, 0.29) is 6.42 Å². The van der Waals surface area contributed by atoms with E-state index >= 15 is 0 Å². The topological polar surface area (TPSA) is 40.5 Å². The van der Waals surface area contributed by atoms with Crippen molar-refractivity contribution in [3.05, 3.63) is 70.8 Å². The normalized spacial score (nSPS) is 18.2. The average Bonchev–Trinajstić information content (AvgIpc) is 2.46. The standard InChI is InChI=1S/C18H19NO2/c1-19-11-15-4-2-3-5-16(15)17(12-19)14-8-6-13(7-9-14)10-18(20)21/h2-9,17H,10-12H2,1H3,(H,20,21). The van der Waals surface area contributed by atoms with Gasteiger partial charge in [0.2, 0.25) is 0 Å². The van der Waals surface area contributed by atoms with Gasteiger partial charge in [-0.05, 0) is 29.3 Å². The molecular formula is C18H19NO2. The van der Waals surface area contributed by atoms with Crippen molar-refractivity contribution >= 4 is 5.97 Å². The first kappa shape index (κ1) is 13.8. The maximum absolute atomic E-state index is 10.8. The number of carboxylic acids is 1. The van der Waals surface area contributed by atoms with E-state index < -0.39 is 5.97 Å². The second-order valence-electron chi connectivity index (χ2n) is 5.76. The molecule has 0 bridgehead atoms. The Morgan fingerprint density at radius 1 is 1.19 bits per heavy atom. The summed E-state index contributed by atoms with van der Waals surface area (Å²) in [7, 11) is 2.14. The van der Waals surface area contributed by atoms with E-state index in [2.05, 4.69) is 48.3 Å². The zero-order chi connectivity index (χ0) is 14.8. The zero-order valence-corrected chi connectivity index (χ0v) is 12.1. The van der Waals surface area contributed by atoms with Crippen molar-refractivity contribution in [2.45, 2.75) is 18.9 Å². The molecule has 21 heavy (non-hydrogen) atoms. The Bertz CT molecular complexity index is 649. The van der Waals surface area contributed by atoms with Gasteiger partial charge in [0.25, 0.3) is 0 Å². The summed E-state index contributed by atoms with van der Waals surface area (Å²) in [4.78, 5) is 13.1. The van der Waals surface area contributed by atoms with Crippen molar-refractivity contribution in [2.24, 2.45) is 0 Å². The average molecular weight is 281 g/mol. The second-order valence-corrected chi connectivity index (χ2v) is 5.76. The molecule has 1 N–H and O–H groups in total. The Balaban J connectivity index is 1.91. The monoisotopic (exact) mass is 281 g/mol. The molecule has 108 valence electrons. The SMILES string of the molecule is CN1Cc2ccccc2C(c2ccc(CC(=O)O)cc2)C1. The molecule has 2 aromatic carbocycles. The highest BCUT2D eigenvalue weighted by molar-refractivity contribution is 5.70. The van der Waals surface area contributed by atoms with Gasteiger partial charge in [0, 0.05) is 19.0 Å². The third kappa shape index (κ3) is 2.98. The lowest BCUT2D eigenvalue weighted by Gasteiger charge is -2.32. The Kier molecular flexibility index (Phi) is 3.76. The van der Waals surface area contributed by atoms with Gasteiger partial charge < -0.3 is 10.0 Å². The number of carbonyl (C=O) groups is 1. The fourth-order valence-electron chi connectivity index (χ4n) is 3.11. The minimum atomic E-state index is -0.787. The minimum absolute atomic E-state index is 0.0848. The van der Waals surface area contributed by atoms with Gasteiger partial charge in [0.05, 0.1) is 6.42 Å². The fraction of sp³-hybridized carbons (Fsp3) is 0.278. The second kappa shape index (κ2) is 5.70. The van der Waals surface area contributed by atoms with Crippen LogP contribution in [0.4, 0.5) is 0 Å². The van der Waals surface area contributed by atoms with Gasteiger partial charge in [0.1, 0.15) is 0 Å². The van der Waals surface area contributed by atoms with E-state index in [1.54, 1.807) is 0 Å². The molecule has 1 aliphatic rings. The predicted molar refractivity (Wildman–Crippen MR) is 82.4 cm³/mol. The molecule has 1 atom stereocenters. The predicted octanol–water partition coefficient (Wildman–Crippen LogP) is 2.89. The quantitative estimate of drug-likeness (QED) is 0.940. The van der Waals surface area contributed by atoms with E-state index in [1.165, 1.54) is 16.7 Å². The van der Waals surface area contributed by atoms with Gasteiger partial charge >= 0.3 is 5.97 Å². The van der Waals surface area contributed by atoms with E-state index in [0.29, 0.717) is 5.92 Å². The van der Waals surface area contributed by atoms with E-state index in [0.717, 1.165) is 18.7 Å². The van der Waals surface area contributed by atoms with Crippen molar-refractivity contribution in [3.63, 3.8) is 0 Å². The molecule has 1 aliphatic heterocycles. The third-order valence-electron chi connectivity index (χ3n) is 4.10. The Morgan fingerprint density at radius 2 is 1.90 bits per heavy atom. The van der Waals surface area contributed by atoms with Crippen LogP contribution in [0.15, 0.2) is 48.5 Å². The fourth-order valence-corrected chi connectivity index (χ4v) is 3.11. The molecule has 2 aromatic rings. The summed E-state index contributed by atoms with van der Waals surface area (Å²) in [6, 6.07) is 16.6. The van der Waals surface area contributed by atoms with Gasteiger partial charge in [-0.1, -0.05) is 48.5 Å². The highest BCUT2D eigenvalue weighted by atomic mass is 16.4.